The number of hydrogen-bond acceptors (Lipinski definition) is 7. The van der Waals surface area contributed by atoms with Crippen LogP contribution in [0.4, 0.5) is 5.69 Å². The maximum Gasteiger partial charge on any atom is 0.326 e. The van der Waals surface area contributed by atoms with Crippen molar-refractivity contribution in [3.63, 3.8) is 0 Å². The fourth-order valence-corrected chi connectivity index (χ4v) is 3.43. The highest BCUT2D eigenvalue weighted by atomic mass is 16.6. The summed E-state index contributed by atoms with van der Waals surface area (Å²) in [5, 5.41) is 24.0. The zero-order chi connectivity index (χ0) is 24.0. The lowest BCUT2D eigenvalue weighted by Gasteiger charge is -2.25. The Morgan fingerprint density at radius 3 is 2.48 bits per heavy atom. The number of fused-ring (bicyclic) bond motifs is 1. The largest absolute Gasteiger partial charge is 0.480 e. The quantitative estimate of drug-likeness (QED) is 0.286. The summed E-state index contributed by atoms with van der Waals surface area (Å²) in [6.45, 7) is 1.71. The number of aromatic nitrogens is 1. The number of carbonyl (C=O) groups is 3. The molecular weight excluding hydrogens is 430 g/mol. The van der Waals surface area contributed by atoms with Crippen LogP contribution in [0.2, 0.25) is 0 Å². The van der Waals surface area contributed by atoms with Gasteiger partial charge in [-0.1, -0.05) is 30.3 Å². The summed E-state index contributed by atoms with van der Waals surface area (Å²) in [4.78, 5) is 51.8. The van der Waals surface area contributed by atoms with Gasteiger partial charge < -0.3 is 15.2 Å². The number of nitrogens with zero attached hydrogens (tertiary/aromatic N) is 2. The van der Waals surface area contributed by atoms with Crippen LogP contribution in [0.5, 0.6) is 0 Å². The van der Waals surface area contributed by atoms with Crippen molar-refractivity contribution in [1.82, 2.24) is 10.3 Å². The number of non-ortho nitro benzene ring substituents is 1. The number of amides is 1. The third-order valence-corrected chi connectivity index (χ3v) is 5.03. The van der Waals surface area contributed by atoms with E-state index in [4.69, 9.17) is 4.74 Å². The van der Waals surface area contributed by atoms with Crippen molar-refractivity contribution < 1.29 is 29.2 Å². The summed E-state index contributed by atoms with van der Waals surface area (Å²) < 4.78 is 4.96. The SMILES string of the molecule is CCOC(=O)C[C@@H](c1ccc([N+](=O)[O-])cc1)[C@@H](NC(=O)c1cnc2ccccc2c1)C(=O)O. The molecule has 0 bridgehead atoms. The number of esters is 1. The van der Waals surface area contributed by atoms with Crippen molar-refractivity contribution in [1.29, 1.82) is 0 Å². The van der Waals surface area contributed by atoms with Gasteiger partial charge in [-0.15, -0.1) is 0 Å². The summed E-state index contributed by atoms with van der Waals surface area (Å²) in [5.74, 6) is -3.74. The molecule has 3 rings (SSSR count). The second-order valence-corrected chi connectivity index (χ2v) is 7.17. The van der Waals surface area contributed by atoms with Crippen molar-refractivity contribution in [2.75, 3.05) is 6.61 Å². The summed E-state index contributed by atoms with van der Waals surface area (Å²) >= 11 is 0. The lowest BCUT2D eigenvalue weighted by atomic mass is 9.88. The van der Waals surface area contributed by atoms with Crippen LogP contribution < -0.4 is 5.32 Å². The number of hydrogen-bond donors (Lipinski definition) is 2. The van der Waals surface area contributed by atoms with Crippen molar-refractivity contribution >= 4 is 34.4 Å². The lowest BCUT2D eigenvalue weighted by Crippen LogP contribution is -2.45. The van der Waals surface area contributed by atoms with Gasteiger partial charge >= 0.3 is 11.9 Å². The third-order valence-electron chi connectivity index (χ3n) is 5.03. The Labute approximate surface area is 188 Å². The van der Waals surface area contributed by atoms with Gasteiger partial charge in [0.1, 0.15) is 6.04 Å². The first kappa shape index (κ1) is 23.3. The zero-order valence-corrected chi connectivity index (χ0v) is 17.6. The Bertz CT molecular complexity index is 1190. The molecule has 1 aromatic heterocycles. The molecule has 2 atom stereocenters. The van der Waals surface area contributed by atoms with Gasteiger partial charge in [-0.25, -0.2) is 4.79 Å². The number of para-hydroxylation sites is 1. The van der Waals surface area contributed by atoms with Crippen LogP contribution >= 0.6 is 0 Å². The van der Waals surface area contributed by atoms with E-state index in [1.807, 2.05) is 0 Å². The molecule has 0 unspecified atom stereocenters. The second kappa shape index (κ2) is 10.3. The predicted octanol–water partition coefficient (Wildman–Crippen LogP) is 3.06. The molecule has 0 aliphatic carbocycles. The number of carbonyl (C=O) groups excluding carboxylic acids is 2. The summed E-state index contributed by atoms with van der Waals surface area (Å²) in [5.41, 5.74) is 0.971. The van der Waals surface area contributed by atoms with Gasteiger partial charge in [-0.2, -0.15) is 0 Å². The fourth-order valence-electron chi connectivity index (χ4n) is 3.43. The molecule has 33 heavy (non-hydrogen) atoms. The lowest BCUT2D eigenvalue weighted by molar-refractivity contribution is -0.384. The summed E-state index contributed by atoms with van der Waals surface area (Å²) in [6, 6.07) is 12.4. The number of benzene rings is 2. The van der Waals surface area contributed by atoms with Crippen molar-refractivity contribution in [2.45, 2.75) is 25.3 Å². The molecule has 0 spiro atoms. The topological polar surface area (TPSA) is 149 Å². The maximum absolute atomic E-state index is 12.9. The van der Waals surface area contributed by atoms with E-state index in [9.17, 15) is 29.6 Å². The summed E-state index contributed by atoms with van der Waals surface area (Å²) in [7, 11) is 0. The molecule has 1 heterocycles. The van der Waals surface area contributed by atoms with Crippen LogP contribution in [0.25, 0.3) is 10.9 Å². The predicted molar refractivity (Wildman–Crippen MR) is 118 cm³/mol. The third kappa shape index (κ3) is 5.67. The highest BCUT2D eigenvalue weighted by Gasteiger charge is 2.34. The minimum Gasteiger partial charge on any atom is -0.480 e. The van der Waals surface area contributed by atoms with E-state index in [2.05, 4.69) is 10.3 Å². The van der Waals surface area contributed by atoms with Crippen molar-refractivity contribution in [2.24, 2.45) is 0 Å². The standard InChI is InChI=1S/C23H21N3O7/c1-2-33-20(27)12-18(14-7-9-17(10-8-14)26(31)32)21(23(29)30)25-22(28)16-11-15-5-3-4-6-19(15)24-13-16/h3-11,13,18,21H,2,12H2,1H3,(H,25,28)(H,29,30)/t18-,21+/m0/s1. The van der Waals surface area contributed by atoms with E-state index in [1.54, 1.807) is 37.3 Å². The van der Waals surface area contributed by atoms with Crippen LogP contribution in [0.3, 0.4) is 0 Å². The smallest absolute Gasteiger partial charge is 0.326 e. The minimum absolute atomic E-state index is 0.0959. The molecule has 1 amide bonds. The minimum atomic E-state index is -1.50. The summed E-state index contributed by atoms with van der Waals surface area (Å²) in [6.07, 6.45) is 0.988. The van der Waals surface area contributed by atoms with Crippen LogP contribution in [0.1, 0.15) is 35.2 Å². The number of nitro groups is 1. The van der Waals surface area contributed by atoms with Gasteiger partial charge in [0.05, 0.1) is 29.0 Å². The molecule has 10 heteroatoms. The molecule has 0 saturated carbocycles. The Balaban J connectivity index is 1.92. The number of nitrogens with one attached hydrogen (secondary N) is 1. The number of ether oxygens (including phenoxy) is 1. The Kier molecular flexibility index (Phi) is 7.29. The molecule has 0 fully saturated rings. The number of carboxylic acids is 1. The van der Waals surface area contributed by atoms with Crippen LogP contribution in [-0.2, 0) is 14.3 Å². The molecule has 170 valence electrons. The van der Waals surface area contributed by atoms with E-state index in [0.717, 1.165) is 0 Å². The first-order chi connectivity index (χ1) is 15.8. The average Bonchev–Trinajstić information content (AvgIpc) is 2.81. The highest BCUT2D eigenvalue weighted by molar-refractivity contribution is 5.99. The molecule has 0 aliphatic rings. The molecule has 2 N–H and O–H groups in total. The van der Waals surface area contributed by atoms with Crippen LogP contribution in [-0.4, -0.2) is 45.5 Å². The monoisotopic (exact) mass is 451 g/mol. The highest BCUT2D eigenvalue weighted by Crippen LogP contribution is 2.27. The fraction of sp³-hybridized carbons (Fsp3) is 0.217. The maximum atomic E-state index is 12.9. The zero-order valence-electron chi connectivity index (χ0n) is 17.6. The van der Waals surface area contributed by atoms with Crippen molar-refractivity contribution in [3.8, 4) is 0 Å². The van der Waals surface area contributed by atoms with Gasteiger partial charge in [0.25, 0.3) is 11.6 Å². The van der Waals surface area contributed by atoms with Gasteiger partial charge in [-0.05, 0) is 24.6 Å². The van der Waals surface area contributed by atoms with E-state index >= 15 is 0 Å². The normalized spacial score (nSPS) is 12.5. The molecule has 0 saturated heterocycles. The first-order valence-corrected chi connectivity index (χ1v) is 10.1. The molecule has 2 aromatic carbocycles. The average molecular weight is 451 g/mol. The number of pyridine rings is 1. The Morgan fingerprint density at radius 2 is 1.85 bits per heavy atom. The van der Waals surface area contributed by atoms with Gasteiger partial charge in [0, 0.05) is 29.6 Å². The molecular formula is C23H21N3O7. The van der Waals surface area contributed by atoms with Crippen LogP contribution in [0.15, 0.2) is 60.8 Å². The van der Waals surface area contributed by atoms with E-state index in [1.165, 1.54) is 30.5 Å². The first-order valence-electron chi connectivity index (χ1n) is 10.1. The molecule has 0 radical (unpaired) electrons. The Morgan fingerprint density at radius 1 is 1.15 bits per heavy atom. The van der Waals surface area contributed by atoms with Crippen LogP contribution in [0, 0.1) is 10.1 Å². The van der Waals surface area contributed by atoms with Gasteiger partial charge in [0.15, 0.2) is 0 Å². The number of carboxylic acid groups (broad SMARTS) is 1. The molecule has 10 nitrogen and oxygen atoms in total. The number of rotatable bonds is 9. The molecule has 0 aliphatic heterocycles. The van der Waals surface area contributed by atoms with E-state index in [0.29, 0.717) is 16.5 Å². The van der Waals surface area contributed by atoms with Gasteiger partial charge in [0.2, 0.25) is 0 Å². The van der Waals surface area contributed by atoms with E-state index in [-0.39, 0.29) is 24.3 Å². The van der Waals surface area contributed by atoms with Crippen molar-refractivity contribution in [3.05, 3.63) is 82.0 Å². The number of aliphatic carboxylic acids is 1. The second-order valence-electron chi connectivity index (χ2n) is 7.17. The van der Waals surface area contributed by atoms with Gasteiger partial charge in [-0.3, -0.25) is 24.7 Å². The van der Waals surface area contributed by atoms with E-state index < -0.39 is 34.7 Å². The number of nitro benzene ring substituents is 1. The Hall–Kier alpha value is -4.34. The molecule has 3 aromatic rings.